The molecule has 0 unspecified atom stereocenters. The van der Waals surface area contributed by atoms with E-state index in [1.807, 2.05) is 30.0 Å². The molecule has 0 saturated carbocycles. The monoisotopic (exact) mass is 1380 g/mol. The molecule has 2 aliphatic heterocycles. The molecule has 3 nitrogen and oxygen atoms in total. The molecule has 0 atom stereocenters. The molecule has 0 saturated heterocycles. The van der Waals surface area contributed by atoms with Gasteiger partial charge >= 0.3 is 0 Å². The Hall–Kier alpha value is -11.1. The molecule has 0 amide bonds. The molecule has 14 aromatic carbocycles. The van der Waals surface area contributed by atoms with E-state index in [1.54, 1.807) is 4.57 Å². The lowest BCUT2D eigenvalue weighted by Gasteiger charge is -2.42. The van der Waals surface area contributed by atoms with Gasteiger partial charge in [-0.2, -0.15) is 0 Å². The number of aromatic nitrogens is 2. The number of anilines is 3. The summed E-state index contributed by atoms with van der Waals surface area (Å²) in [5.74, 6) is 0. The SMILES string of the molecule is [2H]c1c([2H])c([2H])c2c(c1[2H])c1c([2H])c([2H])c([2H])c([2H])c1n2-c1ccc2c(c1)N(c1c(-c3ccccc3)cccc1-c1ccccc1)c1cc(-n3c4ccc(C(C)(C)C)cc4c4cc(C(C)(C)C)ccc43)cc3c1B2c1cc(-c2cc(-c4ccccc4)cc(-c4ccccc4)c2)cc(-c2cc(C(C)(C)C)cc(C(C)(C)C)c2)c1S3. The van der Waals surface area contributed by atoms with Gasteiger partial charge in [0.15, 0.2) is 0 Å². The Morgan fingerprint density at radius 1 is 0.305 bits per heavy atom. The highest BCUT2D eigenvalue weighted by Gasteiger charge is 2.44. The number of hydrogen-bond donors (Lipinski definition) is 0. The molecular weight excluding hydrogens is 1290 g/mol. The highest BCUT2D eigenvalue weighted by Crippen LogP contribution is 2.53. The Morgan fingerprint density at radius 2 is 0.752 bits per heavy atom. The molecule has 105 heavy (non-hydrogen) atoms. The van der Waals surface area contributed by atoms with Crippen LogP contribution in [0.4, 0.5) is 17.1 Å². The van der Waals surface area contributed by atoms with Gasteiger partial charge in [0.25, 0.3) is 0 Å². The number of para-hydroxylation sites is 3. The van der Waals surface area contributed by atoms with E-state index in [2.05, 4.69) is 329 Å². The third kappa shape index (κ3) is 11.4. The van der Waals surface area contributed by atoms with Gasteiger partial charge in [-0.05, 0) is 195 Å². The summed E-state index contributed by atoms with van der Waals surface area (Å²) in [5.41, 5.74) is 26.1. The van der Waals surface area contributed by atoms with Crippen LogP contribution in [-0.4, -0.2) is 15.8 Å². The molecule has 510 valence electrons. The zero-order chi connectivity index (χ0) is 79.0. The van der Waals surface area contributed by atoms with Gasteiger partial charge in [-0.15, -0.1) is 0 Å². The molecular formula is C100H86BN3S. The van der Waals surface area contributed by atoms with Crippen LogP contribution in [0.1, 0.15) is 116 Å². The first kappa shape index (κ1) is 57.3. The average Bonchev–Trinajstić information content (AvgIpc) is 1.47. The fourth-order valence-corrected chi connectivity index (χ4v) is 17.5. The summed E-state index contributed by atoms with van der Waals surface area (Å²) >= 11 is 1.84. The van der Waals surface area contributed by atoms with Crippen molar-refractivity contribution in [2.24, 2.45) is 0 Å². The van der Waals surface area contributed by atoms with Crippen molar-refractivity contribution >= 4 is 95.5 Å². The Bertz CT molecular complexity index is 6360. The molecule has 16 aromatic rings. The van der Waals surface area contributed by atoms with Crippen LogP contribution in [0.25, 0.3) is 122 Å². The Kier molecular flexibility index (Phi) is 13.5. The molecule has 2 aromatic heterocycles. The van der Waals surface area contributed by atoms with Crippen LogP contribution >= 0.6 is 11.8 Å². The fraction of sp³-hybridized carbons (Fsp3) is 0.160. The number of hydrogen-bond acceptors (Lipinski definition) is 2. The minimum atomic E-state index is -0.498. The lowest BCUT2D eigenvalue weighted by Crippen LogP contribution is -2.60. The van der Waals surface area contributed by atoms with Crippen LogP contribution in [0.3, 0.4) is 0 Å². The summed E-state index contributed by atoms with van der Waals surface area (Å²) in [4.78, 5) is 4.64. The maximum absolute atomic E-state index is 9.93. The maximum atomic E-state index is 9.93. The van der Waals surface area contributed by atoms with Crippen LogP contribution in [0.5, 0.6) is 0 Å². The first-order valence-electron chi connectivity index (χ1n) is 40.7. The minimum Gasteiger partial charge on any atom is -0.310 e. The predicted octanol–water partition coefficient (Wildman–Crippen LogP) is 25.8. The first-order chi connectivity index (χ1) is 53.9. The fourth-order valence-electron chi connectivity index (χ4n) is 16.2. The zero-order valence-electron chi connectivity index (χ0n) is 69.6. The van der Waals surface area contributed by atoms with Gasteiger partial charge in [0, 0.05) is 65.2 Å². The van der Waals surface area contributed by atoms with Gasteiger partial charge in [0.1, 0.15) is 0 Å². The van der Waals surface area contributed by atoms with Crippen molar-refractivity contribution in [1.82, 2.24) is 9.13 Å². The topological polar surface area (TPSA) is 13.1 Å². The second-order valence-electron chi connectivity index (χ2n) is 32.8. The number of nitrogens with zero attached hydrogens (tertiary/aromatic N) is 3. The third-order valence-corrected chi connectivity index (χ3v) is 23.0. The van der Waals surface area contributed by atoms with E-state index < -0.39 is 43.0 Å². The predicted molar refractivity (Wildman–Crippen MR) is 452 cm³/mol. The van der Waals surface area contributed by atoms with Crippen molar-refractivity contribution in [3.05, 3.63) is 325 Å². The molecule has 0 aliphatic carbocycles. The van der Waals surface area contributed by atoms with Crippen LogP contribution in [0.2, 0.25) is 0 Å². The minimum absolute atomic E-state index is 0.0126. The zero-order valence-corrected chi connectivity index (χ0v) is 62.4. The second-order valence-corrected chi connectivity index (χ2v) is 33.8. The Morgan fingerprint density at radius 3 is 1.25 bits per heavy atom. The quantitative estimate of drug-likeness (QED) is 0.134. The Balaban J connectivity index is 1.04. The molecule has 0 bridgehead atoms. The van der Waals surface area contributed by atoms with Crippen LogP contribution < -0.4 is 21.3 Å². The van der Waals surface area contributed by atoms with E-state index in [-0.39, 0.29) is 55.6 Å². The summed E-state index contributed by atoms with van der Waals surface area (Å²) in [6, 6.07) is 90.0. The number of fused-ring (bicyclic) bond motifs is 10. The normalized spacial score (nSPS) is 14.1. The summed E-state index contributed by atoms with van der Waals surface area (Å²) in [6.45, 7) is 27.0. The van der Waals surface area contributed by atoms with Gasteiger partial charge in [0.2, 0.25) is 6.71 Å². The van der Waals surface area contributed by atoms with Crippen molar-refractivity contribution < 1.29 is 11.0 Å². The number of rotatable bonds is 9. The lowest BCUT2D eigenvalue weighted by atomic mass is 9.34. The van der Waals surface area contributed by atoms with Gasteiger partial charge in [-0.3, -0.25) is 0 Å². The largest absolute Gasteiger partial charge is 0.310 e. The molecule has 5 heteroatoms. The van der Waals surface area contributed by atoms with Gasteiger partial charge in [-0.25, -0.2) is 0 Å². The van der Waals surface area contributed by atoms with Gasteiger partial charge in [-0.1, -0.05) is 319 Å². The van der Waals surface area contributed by atoms with E-state index >= 15 is 0 Å². The standard InChI is InChI=1S/C100H86BN3S/c1-97(2,3)72-44-48-89-83(58-72)84-59-73(98(4,5)6)45-49-90(84)103(89)77-61-92-94-93(62-77)105-96-82(71-53-74(99(7,8)9)57-75(54-71)100(10,11)12)55-70(69-51-67(63-30-17-13-18-31-63)50-68(52-69)64-32-19-14-20-33-64)56-86(96)101(94)85-47-46-76(102-87-42-27-25-38-80(87)81-39-26-28-43-88(81)102)60-91(85)104(92)95-78(65-34-21-15-22-35-65)40-29-41-79(95)66-36-23-16-24-37-66/h13-62H,1-12H3/i25D,26D,27D,28D,38D,39D,42D,43D. The van der Waals surface area contributed by atoms with E-state index in [0.717, 1.165) is 137 Å². The smallest absolute Gasteiger partial charge is 0.249 e. The van der Waals surface area contributed by atoms with Crippen molar-refractivity contribution in [3.8, 4) is 78.1 Å². The summed E-state index contributed by atoms with van der Waals surface area (Å²) in [5, 5.41) is 2.34. The molecule has 0 N–H and O–H groups in total. The second kappa shape index (κ2) is 24.8. The first-order valence-corrected chi connectivity index (χ1v) is 37.5. The molecule has 0 fully saturated rings. The maximum Gasteiger partial charge on any atom is 0.249 e. The van der Waals surface area contributed by atoms with Gasteiger partial charge < -0.3 is 14.0 Å². The Labute approximate surface area is 634 Å². The van der Waals surface area contributed by atoms with Crippen LogP contribution in [-0.2, 0) is 21.7 Å². The molecule has 0 spiro atoms. The lowest BCUT2D eigenvalue weighted by molar-refractivity contribution is 0.569. The number of benzene rings is 14. The summed E-state index contributed by atoms with van der Waals surface area (Å²) < 4.78 is 80.3. The third-order valence-electron chi connectivity index (χ3n) is 21.8. The van der Waals surface area contributed by atoms with E-state index in [9.17, 15) is 8.22 Å². The van der Waals surface area contributed by atoms with Crippen LogP contribution in [0, 0.1) is 0 Å². The average molecular weight is 1380 g/mol. The van der Waals surface area contributed by atoms with E-state index in [1.165, 1.54) is 22.3 Å². The van der Waals surface area contributed by atoms with Crippen molar-refractivity contribution in [2.45, 2.75) is 115 Å². The van der Waals surface area contributed by atoms with E-state index in [4.69, 9.17) is 2.74 Å². The van der Waals surface area contributed by atoms with Crippen molar-refractivity contribution in [2.75, 3.05) is 4.90 Å². The van der Waals surface area contributed by atoms with Gasteiger partial charge in [0.05, 0.1) is 38.7 Å². The molecule has 2 aliphatic rings. The molecule has 0 radical (unpaired) electrons. The van der Waals surface area contributed by atoms with Crippen molar-refractivity contribution in [3.63, 3.8) is 0 Å². The highest BCUT2D eigenvalue weighted by atomic mass is 32.2. The van der Waals surface area contributed by atoms with E-state index in [0.29, 0.717) is 5.69 Å². The molecule has 18 rings (SSSR count). The summed E-state index contributed by atoms with van der Waals surface area (Å²) in [6.07, 6.45) is 0. The highest BCUT2D eigenvalue weighted by molar-refractivity contribution is 8.00. The van der Waals surface area contributed by atoms with Crippen LogP contribution in [0.15, 0.2) is 313 Å². The van der Waals surface area contributed by atoms with Crippen molar-refractivity contribution in [1.29, 1.82) is 0 Å². The summed E-state index contributed by atoms with van der Waals surface area (Å²) in [7, 11) is 0. The molecule has 4 heterocycles.